The molecule has 0 bridgehead atoms. The van der Waals surface area contributed by atoms with Crippen molar-refractivity contribution in [2.75, 3.05) is 18.4 Å². The Hall–Kier alpha value is -3.32. The number of nitrogens with zero attached hydrogens (tertiary/aromatic N) is 1. The molecule has 1 aliphatic heterocycles. The van der Waals surface area contributed by atoms with E-state index in [4.69, 9.17) is 4.74 Å². The van der Waals surface area contributed by atoms with E-state index < -0.39 is 10.0 Å². The number of sulfonamides is 1. The van der Waals surface area contributed by atoms with Crippen molar-refractivity contribution in [2.45, 2.75) is 23.8 Å². The van der Waals surface area contributed by atoms with Gasteiger partial charge in [-0.3, -0.25) is 9.52 Å². The Labute approximate surface area is 182 Å². The van der Waals surface area contributed by atoms with Crippen LogP contribution in [0.4, 0.5) is 5.69 Å². The molecule has 0 radical (unpaired) electrons. The lowest BCUT2D eigenvalue weighted by atomic mass is 10.0. The van der Waals surface area contributed by atoms with Gasteiger partial charge in [0, 0.05) is 17.8 Å². The zero-order valence-corrected chi connectivity index (χ0v) is 18.0. The van der Waals surface area contributed by atoms with Crippen molar-refractivity contribution < 1.29 is 17.9 Å². The fourth-order valence-electron chi connectivity index (χ4n) is 3.84. The first-order chi connectivity index (χ1) is 15.0. The van der Waals surface area contributed by atoms with E-state index in [9.17, 15) is 13.2 Å². The predicted octanol–water partition coefficient (Wildman–Crippen LogP) is 4.47. The summed E-state index contributed by atoms with van der Waals surface area (Å²) < 4.78 is 32.7. The van der Waals surface area contributed by atoms with Crippen LogP contribution in [0.1, 0.15) is 34.8 Å². The molecule has 1 amide bonds. The van der Waals surface area contributed by atoms with E-state index in [1.54, 1.807) is 49.6 Å². The number of rotatable bonds is 6. The molecule has 3 aromatic rings. The van der Waals surface area contributed by atoms with Crippen LogP contribution in [0.3, 0.4) is 0 Å². The monoisotopic (exact) mass is 436 g/mol. The summed E-state index contributed by atoms with van der Waals surface area (Å²) in [6, 6.07) is 22.6. The zero-order valence-electron chi connectivity index (χ0n) is 17.2. The Morgan fingerprint density at radius 2 is 1.65 bits per heavy atom. The number of carbonyl (C=O) groups excluding carboxylic acids is 1. The van der Waals surface area contributed by atoms with Crippen molar-refractivity contribution in [1.29, 1.82) is 0 Å². The molecule has 1 atom stereocenters. The van der Waals surface area contributed by atoms with Gasteiger partial charge in [-0.1, -0.05) is 30.3 Å². The summed E-state index contributed by atoms with van der Waals surface area (Å²) in [6.07, 6.45) is 1.85. The lowest BCUT2D eigenvalue weighted by Crippen LogP contribution is -2.30. The molecular weight excluding hydrogens is 412 g/mol. The number of carbonyl (C=O) groups is 1. The molecule has 1 saturated heterocycles. The van der Waals surface area contributed by atoms with Crippen LogP contribution in [-0.2, 0) is 10.0 Å². The van der Waals surface area contributed by atoms with Crippen LogP contribution in [0.25, 0.3) is 0 Å². The molecule has 1 heterocycles. The molecule has 1 fully saturated rings. The largest absolute Gasteiger partial charge is 0.497 e. The van der Waals surface area contributed by atoms with Gasteiger partial charge in [-0.25, -0.2) is 8.42 Å². The first-order valence-corrected chi connectivity index (χ1v) is 11.6. The van der Waals surface area contributed by atoms with E-state index in [2.05, 4.69) is 4.72 Å². The summed E-state index contributed by atoms with van der Waals surface area (Å²) in [6.45, 7) is 0.692. The molecule has 7 heteroatoms. The quantitative estimate of drug-likeness (QED) is 0.618. The van der Waals surface area contributed by atoms with Crippen molar-refractivity contribution in [3.05, 3.63) is 90.0 Å². The van der Waals surface area contributed by atoms with E-state index in [0.29, 0.717) is 17.8 Å². The second-order valence-electron chi connectivity index (χ2n) is 7.43. The fourth-order valence-corrected chi connectivity index (χ4v) is 4.92. The summed E-state index contributed by atoms with van der Waals surface area (Å²) in [5, 5.41) is 0. The van der Waals surface area contributed by atoms with Crippen LogP contribution in [0.2, 0.25) is 0 Å². The molecule has 1 N–H and O–H groups in total. The Bertz CT molecular complexity index is 1140. The third-order valence-electron chi connectivity index (χ3n) is 5.45. The average Bonchev–Trinajstić information content (AvgIpc) is 3.29. The maximum Gasteiger partial charge on any atom is 0.261 e. The SMILES string of the molecule is COc1ccc([C@@H]2CCCN2C(=O)c2ccc(NS(=O)(=O)c3ccccc3)cc2)cc1. The summed E-state index contributed by atoms with van der Waals surface area (Å²) in [5.74, 6) is 0.726. The third-order valence-corrected chi connectivity index (χ3v) is 6.85. The number of nitrogens with one attached hydrogen (secondary N) is 1. The topological polar surface area (TPSA) is 75.7 Å². The molecule has 1 aliphatic rings. The minimum atomic E-state index is -3.67. The highest BCUT2D eigenvalue weighted by Gasteiger charge is 2.30. The van der Waals surface area contributed by atoms with Gasteiger partial charge < -0.3 is 9.64 Å². The van der Waals surface area contributed by atoms with E-state index in [1.165, 1.54) is 12.1 Å². The summed E-state index contributed by atoms with van der Waals surface area (Å²) in [5.41, 5.74) is 2.02. The Kier molecular flexibility index (Phi) is 5.95. The van der Waals surface area contributed by atoms with Crippen LogP contribution >= 0.6 is 0 Å². The summed E-state index contributed by atoms with van der Waals surface area (Å²) in [7, 11) is -2.04. The zero-order chi connectivity index (χ0) is 21.8. The molecule has 31 heavy (non-hydrogen) atoms. The first-order valence-electron chi connectivity index (χ1n) is 10.1. The predicted molar refractivity (Wildman–Crippen MR) is 120 cm³/mol. The van der Waals surface area contributed by atoms with Crippen LogP contribution in [0.5, 0.6) is 5.75 Å². The van der Waals surface area contributed by atoms with E-state index in [-0.39, 0.29) is 16.8 Å². The van der Waals surface area contributed by atoms with Crippen molar-refractivity contribution in [3.8, 4) is 5.75 Å². The van der Waals surface area contributed by atoms with Crippen LogP contribution in [0, 0.1) is 0 Å². The summed E-state index contributed by atoms with van der Waals surface area (Å²) >= 11 is 0. The molecule has 0 aromatic heterocycles. The van der Waals surface area contributed by atoms with Gasteiger partial charge in [0.2, 0.25) is 0 Å². The second-order valence-corrected chi connectivity index (χ2v) is 9.11. The van der Waals surface area contributed by atoms with Gasteiger partial charge in [-0.2, -0.15) is 0 Å². The minimum Gasteiger partial charge on any atom is -0.497 e. The van der Waals surface area contributed by atoms with Gasteiger partial charge in [-0.15, -0.1) is 0 Å². The van der Waals surface area contributed by atoms with E-state index in [1.807, 2.05) is 29.2 Å². The average molecular weight is 437 g/mol. The van der Waals surface area contributed by atoms with Gasteiger partial charge in [0.15, 0.2) is 0 Å². The molecule has 3 aromatic carbocycles. The Morgan fingerprint density at radius 3 is 2.29 bits per heavy atom. The highest BCUT2D eigenvalue weighted by atomic mass is 32.2. The summed E-state index contributed by atoms with van der Waals surface area (Å²) in [4.78, 5) is 15.2. The Morgan fingerprint density at radius 1 is 0.968 bits per heavy atom. The number of hydrogen-bond donors (Lipinski definition) is 1. The minimum absolute atomic E-state index is 0.0228. The molecule has 0 spiro atoms. The molecule has 0 saturated carbocycles. The number of hydrogen-bond acceptors (Lipinski definition) is 4. The maximum atomic E-state index is 13.1. The molecule has 4 rings (SSSR count). The molecule has 160 valence electrons. The van der Waals surface area contributed by atoms with E-state index in [0.717, 1.165) is 24.2 Å². The lowest BCUT2D eigenvalue weighted by Gasteiger charge is -2.25. The normalized spacial score (nSPS) is 16.2. The standard InChI is InChI=1S/C24H24N2O4S/c1-30-21-15-11-18(12-16-21)23-8-5-17-26(23)24(27)19-9-13-20(14-10-19)25-31(28,29)22-6-3-2-4-7-22/h2-4,6-7,9-16,23,25H,5,8,17H2,1H3/t23-/m0/s1. The molecule has 0 unspecified atom stereocenters. The number of anilines is 1. The molecule has 0 aliphatic carbocycles. The second kappa shape index (κ2) is 8.81. The highest BCUT2D eigenvalue weighted by molar-refractivity contribution is 7.92. The van der Waals surface area contributed by atoms with Crippen LogP contribution in [-0.4, -0.2) is 32.9 Å². The first kappa shape index (κ1) is 20.9. The lowest BCUT2D eigenvalue weighted by molar-refractivity contribution is 0.0735. The number of ether oxygens (including phenoxy) is 1. The van der Waals surface area contributed by atoms with Crippen LogP contribution in [0.15, 0.2) is 83.8 Å². The maximum absolute atomic E-state index is 13.1. The highest BCUT2D eigenvalue weighted by Crippen LogP contribution is 2.34. The smallest absolute Gasteiger partial charge is 0.261 e. The van der Waals surface area contributed by atoms with Gasteiger partial charge in [0.1, 0.15) is 5.75 Å². The van der Waals surface area contributed by atoms with Crippen molar-refractivity contribution in [3.63, 3.8) is 0 Å². The Balaban J connectivity index is 1.48. The molecule has 6 nitrogen and oxygen atoms in total. The number of benzene rings is 3. The van der Waals surface area contributed by atoms with Gasteiger partial charge >= 0.3 is 0 Å². The third kappa shape index (κ3) is 4.56. The number of methoxy groups -OCH3 is 1. The fraction of sp³-hybridized carbons (Fsp3) is 0.208. The number of amides is 1. The van der Waals surface area contributed by atoms with Crippen molar-refractivity contribution in [2.24, 2.45) is 0 Å². The van der Waals surface area contributed by atoms with Gasteiger partial charge in [0.05, 0.1) is 18.0 Å². The number of likely N-dealkylation sites (tertiary alicyclic amines) is 1. The van der Waals surface area contributed by atoms with Crippen molar-refractivity contribution in [1.82, 2.24) is 4.90 Å². The van der Waals surface area contributed by atoms with Gasteiger partial charge in [-0.05, 0) is 66.9 Å². The van der Waals surface area contributed by atoms with E-state index >= 15 is 0 Å². The van der Waals surface area contributed by atoms with Crippen LogP contribution < -0.4 is 9.46 Å². The van der Waals surface area contributed by atoms with Gasteiger partial charge in [0.25, 0.3) is 15.9 Å². The molecular formula is C24H24N2O4S. The van der Waals surface area contributed by atoms with Crippen molar-refractivity contribution >= 4 is 21.6 Å².